The standard InChI is InChI=1S/C16H23F2N/c1-12(2)10-16(17,18)14-6-4-13(5-7-14)15(8-9-15)11-19-3/h4-7,12,19H,8-11H2,1-3H3. The summed E-state index contributed by atoms with van der Waals surface area (Å²) in [5.41, 5.74) is 1.52. The average Bonchev–Trinajstić information content (AvgIpc) is 3.09. The van der Waals surface area contributed by atoms with Crippen molar-refractivity contribution in [2.75, 3.05) is 13.6 Å². The lowest BCUT2D eigenvalue weighted by Gasteiger charge is -2.21. The summed E-state index contributed by atoms with van der Waals surface area (Å²) in [5.74, 6) is -2.72. The summed E-state index contributed by atoms with van der Waals surface area (Å²) >= 11 is 0. The first-order chi connectivity index (χ1) is 8.89. The summed E-state index contributed by atoms with van der Waals surface area (Å²) in [4.78, 5) is 0. The fourth-order valence-electron chi connectivity index (χ4n) is 2.75. The number of rotatable bonds is 6. The Balaban J connectivity index is 2.15. The lowest BCUT2D eigenvalue weighted by Crippen LogP contribution is -2.23. The van der Waals surface area contributed by atoms with Crippen LogP contribution < -0.4 is 5.32 Å². The van der Waals surface area contributed by atoms with Gasteiger partial charge < -0.3 is 5.32 Å². The third-order valence-corrected chi connectivity index (χ3v) is 3.95. The van der Waals surface area contributed by atoms with Gasteiger partial charge in [0.25, 0.3) is 5.92 Å². The number of hydrogen-bond donors (Lipinski definition) is 1. The summed E-state index contributed by atoms with van der Waals surface area (Å²) in [6.07, 6.45) is 2.21. The van der Waals surface area contributed by atoms with Crippen LogP contribution in [-0.4, -0.2) is 13.6 Å². The maximum absolute atomic E-state index is 14.0. The van der Waals surface area contributed by atoms with E-state index in [1.807, 2.05) is 33.0 Å². The lowest BCUT2D eigenvalue weighted by molar-refractivity contribution is -0.0249. The molecule has 0 heterocycles. The largest absolute Gasteiger partial charge is 0.319 e. The van der Waals surface area contributed by atoms with Crippen LogP contribution in [0.3, 0.4) is 0 Å². The van der Waals surface area contributed by atoms with E-state index in [1.54, 1.807) is 12.1 Å². The van der Waals surface area contributed by atoms with Gasteiger partial charge in [-0.05, 0) is 31.4 Å². The molecule has 1 aliphatic rings. The Kier molecular flexibility index (Phi) is 3.95. The Morgan fingerprint density at radius 3 is 2.21 bits per heavy atom. The number of nitrogens with one attached hydrogen (secondary N) is 1. The van der Waals surface area contributed by atoms with Gasteiger partial charge in [-0.15, -0.1) is 0 Å². The number of benzene rings is 1. The van der Waals surface area contributed by atoms with Crippen molar-refractivity contribution < 1.29 is 8.78 Å². The molecule has 0 amide bonds. The molecule has 0 atom stereocenters. The van der Waals surface area contributed by atoms with Crippen LogP contribution in [0.25, 0.3) is 0 Å². The highest BCUT2D eigenvalue weighted by Gasteiger charge is 2.43. The highest BCUT2D eigenvalue weighted by molar-refractivity contribution is 5.35. The summed E-state index contributed by atoms with van der Waals surface area (Å²) in [6.45, 7) is 4.58. The molecular weight excluding hydrogens is 244 g/mol. The van der Waals surface area contributed by atoms with Gasteiger partial charge in [0.15, 0.2) is 0 Å². The Morgan fingerprint density at radius 1 is 1.21 bits per heavy atom. The molecule has 1 fully saturated rings. The van der Waals surface area contributed by atoms with Gasteiger partial charge in [-0.3, -0.25) is 0 Å². The van der Waals surface area contributed by atoms with Crippen LogP contribution >= 0.6 is 0 Å². The van der Waals surface area contributed by atoms with Crippen LogP contribution in [-0.2, 0) is 11.3 Å². The first-order valence-corrected chi connectivity index (χ1v) is 7.03. The molecular formula is C16H23F2N. The molecule has 1 nitrogen and oxygen atoms in total. The molecule has 0 spiro atoms. The minimum Gasteiger partial charge on any atom is -0.319 e. The maximum atomic E-state index is 14.0. The SMILES string of the molecule is CNCC1(c2ccc(C(F)(F)CC(C)C)cc2)CC1. The van der Waals surface area contributed by atoms with Crippen molar-refractivity contribution in [3.05, 3.63) is 35.4 Å². The molecule has 1 aromatic rings. The predicted molar refractivity (Wildman–Crippen MR) is 74.6 cm³/mol. The average molecular weight is 267 g/mol. The van der Waals surface area contributed by atoms with Crippen LogP contribution in [0.4, 0.5) is 8.78 Å². The molecule has 2 rings (SSSR count). The third kappa shape index (κ3) is 3.14. The molecule has 0 aliphatic heterocycles. The zero-order valence-corrected chi connectivity index (χ0v) is 12.0. The summed E-state index contributed by atoms with van der Waals surface area (Å²) in [5, 5.41) is 3.19. The van der Waals surface area contributed by atoms with E-state index in [9.17, 15) is 8.78 Å². The zero-order valence-electron chi connectivity index (χ0n) is 12.0. The van der Waals surface area contributed by atoms with Crippen LogP contribution in [0.15, 0.2) is 24.3 Å². The molecule has 0 radical (unpaired) electrons. The topological polar surface area (TPSA) is 12.0 Å². The van der Waals surface area contributed by atoms with Crippen molar-refractivity contribution in [2.45, 2.75) is 44.4 Å². The zero-order chi connectivity index (χ0) is 14.1. The number of likely N-dealkylation sites (N-methyl/N-ethyl adjacent to an activating group) is 1. The van der Waals surface area contributed by atoms with E-state index in [1.165, 1.54) is 5.56 Å². The van der Waals surface area contributed by atoms with Gasteiger partial charge in [0.2, 0.25) is 0 Å². The van der Waals surface area contributed by atoms with Gasteiger partial charge in [0.1, 0.15) is 0 Å². The van der Waals surface area contributed by atoms with E-state index >= 15 is 0 Å². The fourth-order valence-corrected chi connectivity index (χ4v) is 2.75. The Labute approximate surface area is 114 Å². The van der Waals surface area contributed by atoms with Crippen LogP contribution in [0.5, 0.6) is 0 Å². The first-order valence-electron chi connectivity index (χ1n) is 7.03. The molecule has 1 saturated carbocycles. The van der Waals surface area contributed by atoms with Crippen molar-refractivity contribution in [3.63, 3.8) is 0 Å². The first kappa shape index (κ1) is 14.4. The van der Waals surface area contributed by atoms with Crippen molar-refractivity contribution in [3.8, 4) is 0 Å². The molecule has 0 unspecified atom stereocenters. The van der Waals surface area contributed by atoms with Gasteiger partial charge in [-0.25, -0.2) is 8.78 Å². The number of alkyl halides is 2. The number of hydrogen-bond acceptors (Lipinski definition) is 1. The van der Waals surface area contributed by atoms with Crippen molar-refractivity contribution in [2.24, 2.45) is 5.92 Å². The molecule has 0 bridgehead atoms. The van der Waals surface area contributed by atoms with E-state index in [4.69, 9.17) is 0 Å². The molecule has 0 aromatic heterocycles. The minimum atomic E-state index is -2.72. The summed E-state index contributed by atoms with van der Waals surface area (Å²) in [6, 6.07) is 6.97. The van der Waals surface area contributed by atoms with Gasteiger partial charge in [0, 0.05) is 23.9 Å². The van der Waals surface area contributed by atoms with Crippen LogP contribution in [0, 0.1) is 5.92 Å². The van der Waals surface area contributed by atoms with E-state index in [-0.39, 0.29) is 23.3 Å². The highest BCUT2D eigenvalue weighted by Crippen LogP contribution is 2.48. The van der Waals surface area contributed by atoms with E-state index in [0.717, 1.165) is 19.4 Å². The van der Waals surface area contributed by atoms with Crippen molar-refractivity contribution >= 4 is 0 Å². The normalized spacial score (nSPS) is 17.8. The van der Waals surface area contributed by atoms with Crippen LogP contribution in [0.1, 0.15) is 44.2 Å². The smallest absolute Gasteiger partial charge is 0.273 e. The second kappa shape index (κ2) is 5.20. The van der Waals surface area contributed by atoms with Crippen molar-refractivity contribution in [1.29, 1.82) is 0 Å². The Hall–Kier alpha value is -0.960. The molecule has 1 aromatic carbocycles. The van der Waals surface area contributed by atoms with E-state index in [0.29, 0.717) is 0 Å². The Morgan fingerprint density at radius 2 is 1.79 bits per heavy atom. The number of halogens is 2. The quantitative estimate of drug-likeness (QED) is 0.819. The molecule has 106 valence electrons. The fraction of sp³-hybridized carbons (Fsp3) is 0.625. The monoisotopic (exact) mass is 267 g/mol. The molecule has 1 aliphatic carbocycles. The van der Waals surface area contributed by atoms with E-state index in [2.05, 4.69) is 5.32 Å². The second-order valence-corrected chi connectivity index (χ2v) is 6.19. The van der Waals surface area contributed by atoms with Gasteiger partial charge in [-0.1, -0.05) is 38.1 Å². The molecule has 0 saturated heterocycles. The lowest BCUT2D eigenvalue weighted by atomic mass is 9.92. The predicted octanol–water partition coefficient (Wildman–Crippen LogP) is 4.08. The third-order valence-electron chi connectivity index (χ3n) is 3.95. The minimum absolute atomic E-state index is 0.00579. The molecule has 1 N–H and O–H groups in total. The molecule has 19 heavy (non-hydrogen) atoms. The van der Waals surface area contributed by atoms with Gasteiger partial charge in [0.05, 0.1) is 0 Å². The van der Waals surface area contributed by atoms with Crippen LogP contribution in [0.2, 0.25) is 0 Å². The summed E-state index contributed by atoms with van der Waals surface area (Å²) in [7, 11) is 1.94. The highest BCUT2D eigenvalue weighted by atomic mass is 19.3. The maximum Gasteiger partial charge on any atom is 0.273 e. The van der Waals surface area contributed by atoms with Crippen molar-refractivity contribution in [1.82, 2.24) is 5.32 Å². The molecule has 3 heteroatoms. The van der Waals surface area contributed by atoms with E-state index < -0.39 is 5.92 Å². The van der Waals surface area contributed by atoms with Gasteiger partial charge >= 0.3 is 0 Å². The second-order valence-electron chi connectivity index (χ2n) is 6.19. The Bertz CT molecular complexity index is 419. The summed E-state index contributed by atoms with van der Waals surface area (Å²) < 4.78 is 28.0. The van der Waals surface area contributed by atoms with Gasteiger partial charge in [-0.2, -0.15) is 0 Å².